The third-order valence-corrected chi connectivity index (χ3v) is 6.12. The Morgan fingerprint density at radius 2 is 1.86 bits per heavy atom. The molecule has 146 valence electrons. The molecule has 3 heterocycles. The largest absolute Gasteiger partial charge is 0.497 e. The number of methoxy groups -OCH3 is 1. The lowest BCUT2D eigenvalue weighted by atomic mass is 9.93. The summed E-state index contributed by atoms with van der Waals surface area (Å²) in [5.41, 5.74) is 3.56. The van der Waals surface area contributed by atoms with Crippen molar-refractivity contribution in [1.29, 1.82) is 0 Å². The Morgan fingerprint density at radius 3 is 2.59 bits per heavy atom. The van der Waals surface area contributed by atoms with Crippen molar-refractivity contribution in [2.45, 2.75) is 25.1 Å². The van der Waals surface area contributed by atoms with Crippen molar-refractivity contribution >= 4 is 21.6 Å². The highest BCUT2D eigenvalue weighted by atomic mass is 79.9. The Kier molecular flexibility index (Phi) is 4.32. The minimum absolute atomic E-state index is 0.0894. The van der Waals surface area contributed by atoms with Crippen molar-refractivity contribution in [2.24, 2.45) is 5.10 Å². The summed E-state index contributed by atoms with van der Waals surface area (Å²) in [6.45, 7) is 2.07. The molecule has 0 saturated heterocycles. The van der Waals surface area contributed by atoms with E-state index in [4.69, 9.17) is 14.6 Å². The van der Waals surface area contributed by atoms with E-state index in [1.165, 1.54) is 0 Å². The molecule has 0 unspecified atom stereocenters. The second-order valence-corrected chi connectivity index (χ2v) is 8.26. The number of aromatic nitrogens is 1. The van der Waals surface area contributed by atoms with Crippen LogP contribution in [-0.2, 0) is 5.72 Å². The van der Waals surface area contributed by atoms with E-state index < -0.39 is 5.72 Å². The van der Waals surface area contributed by atoms with Crippen LogP contribution in [0.15, 0.2) is 76.6 Å². The predicted molar refractivity (Wildman–Crippen MR) is 115 cm³/mol. The zero-order valence-electron chi connectivity index (χ0n) is 16.2. The van der Waals surface area contributed by atoms with E-state index in [1.807, 2.05) is 36.4 Å². The van der Waals surface area contributed by atoms with E-state index in [2.05, 4.69) is 51.0 Å². The molecule has 0 N–H and O–H groups in total. The highest BCUT2D eigenvalue weighted by Gasteiger charge is 2.48. The van der Waals surface area contributed by atoms with E-state index in [1.54, 1.807) is 19.5 Å². The van der Waals surface area contributed by atoms with Crippen molar-refractivity contribution in [3.8, 4) is 11.5 Å². The third-order valence-electron chi connectivity index (χ3n) is 5.63. The zero-order chi connectivity index (χ0) is 20.0. The van der Waals surface area contributed by atoms with Crippen molar-refractivity contribution in [3.05, 3.63) is 88.2 Å². The van der Waals surface area contributed by atoms with E-state index in [0.717, 1.165) is 44.8 Å². The van der Waals surface area contributed by atoms with Gasteiger partial charge in [0, 0.05) is 41.3 Å². The van der Waals surface area contributed by atoms with Gasteiger partial charge in [0.25, 0.3) is 0 Å². The Labute approximate surface area is 178 Å². The number of nitrogens with zero attached hydrogens (tertiary/aromatic N) is 3. The van der Waals surface area contributed by atoms with Crippen LogP contribution >= 0.6 is 15.9 Å². The van der Waals surface area contributed by atoms with Crippen molar-refractivity contribution in [2.75, 3.05) is 7.11 Å². The van der Waals surface area contributed by atoms with Crippen LogP contribution < -0.4 is 9.47 Å². The number of hydrogen-bond acceptors (Lipinski definition) is 5. The first kappa shape index (κ1) is 18.2. The van der Waals surface area contributed by atoms with Gasteiger partial charge in [-0.1, -0.05) is 15.9 Å². The first-order valence-electron chi connectivity index (χ1n) is 9.49. The molecule has 5 rings (SSSR count). The fourth-order valence-electron chi connectivity index (χ4n) is 4.09. The van der Waals surface area contributed by atoms with Gasteiger partial charge in [0.05, 0.1) is 18.9 Å². The minimum atomic E-state index is -0.720. The average Bonchev–Trinajstić information content (AvgIpc) is 3.22. The topological polar surface area (TPSA) is 47.0 Å². The summed E-state index contributed by atoms with van der Waals surface area (Å²) in [5, 5.41) is 7.14. The molecule has 1 aromatic heterocycles. The Morgan fingerprint density at radius 1 is 1.10 bits per heavy atom. The Balaban J connectivity index is 1.62. The van der Waals surface area contributed by atoms with Gasteiger partial charge >= 0.3 is 0 Å². The lowest BCUT2D eigenvalue weighted by Gasteiger charge is -2.46. The monoisotopic (exact) mass is 449 g/mol. The van der Waals surface area contributed by atoms with Crippen LogP contribution in [0.3, 0.4) is 0 Å². The SMILES string of the molecule is COc1ccc(C2=NN3[C@H](C2)c2cc(Br)ccc2O[C@@]3(C)c2ccncc2)cc1. The summed E-state index contributed by atoms with van der Waals surface area (Å²) in [4.78, 5) is 4.16. The normalized spacial score (nSPS) is 22.4. The molecule has 0 bridgehead atoms. The molecular formula is C23H20BrN3O2. The van der Waals surface area contributed by atoms with Crippen LogP contribution in [0.2, 0.25) is 0 Å². The summed E-state index contributed by atoms with van der Waals surface area (Å²) < 4.78 is 12.9. The molecule has 29 heavy (non-hydrogen) atoms. The zero-order valence-corrected chi connectivity index (χ0v) is 17.8. The van der Waals surface area contributed by atoms with Crippen molar-refractivity contribution in [1.82, 2.24) is 9.99 Å². The van der Waals surface area contributed by atoms with Crippen LogP contribution in [0, 0.1) is 0 Å². The predicted octanol–water partition coefficient (Wildman–Crippen LogP) is 5.27. The second kappa shape index (κ2) is 6.88. The minimum Gasteiger partial charge on any atom is -0.497 e. The first-order valence-corrected chi connectivity index (χ1v) is 10.3. The van der Waals surface area contributed by atoms with Crippen LogP contribution in [0.5, 0.6) is 11.5 Å². The molecule has 0 amide bonds. The second-order valence-electron chi connectivity index (χ2n) is 7.34. The molecule has 2 aliphatic heterocycles. The molecule has 3 aromatic rings. The van der Waals surface area contributed by atoms with Crippen LogP contribution in [0.25, 0.3) is 0 Å². The van der Waals surface area contributed by atoms with Gasteiger partial charge in [-0.25, -0.2) is 5.01 Å². The van der Waals surface area contributed by atoms with Crippen LogP contribution in [0.1, 0.15) is 36.1 Å². The van der Waals surface area contributed by atoms with E-state index in [-0.39, 0.29) is 6.04 Å². The molecule has 2 atom stereocenters. The molecule has 6 heteroatoms. The molecule has 0 radical (unpaired) electrons. The summed E-state index contributed by atoms with van der Waals surface area (Å²) in [5.74, 6) is 1.73. The molecule has 0 fully saturated rings. The van der Waals surface area contributed by atoms with Gasteiger partial charge in [-0.15, -0.1) is 0 Å². The summed E-state index contributed by atoms with van der Waals surface area (Å²) in [6.07, 6.45) is 4.39. The number of hydrazone groups is 1. The standard InChI is InChI=1S/C23H20BrN3O2/c1-23(16-9-11-25-12-10-16)27-21(19-13-17(24)5-8-22(19)29-23)14-20(26-27)15-3-6-18(28-2)7-4-15/h3-13,21H,14H2,1-2H3/t21-,23+/m1/s1. The van der Waals surface area contributed by atoms with Gasteiger partial charge in [-0.3, -0.25) is 4.98 Å². The number of ether oxygens (including phenoxy) is 2. The quantitative estimate of drug-likeness (QED) is 0.546. The van der Waals surface area contributed by atoms with Crippen molar-refractivity contribution in [3.63, 3.8) is 0 Å². The molecular weight excluding hydrogens is 430 g/mol. The van der Waals surface area contributed by atoms with Crippen molar-refractivity contribution < 1.29 is 9.47 Å². The number of benzene rings is 2. The van der Waals surface area contributed by atoms with E-state index in [9.17, 15) is 0 Å². The molecule has 2 aliphatic rings. The summed E-state index contributed by atoms with van der Waals surface area (Å²) in [6, 6.07) is 18.3. The average molecular weight is 450 g/mol. The molecule has 0 saturated carbocycles. The summed E-state index contributed by atoms with van der Waals surface area (Å²) >= 11 is 3.60. The lowest BCUT2D eigenvalue weighted by Crippen LogP contribution is -2.48. The first-order chi connectivity index (χ1) is 14.1. The van der Waals surface area contributed by atoms with Gasteiger partial charge in [0.15, 0.2) is 0 Å². The number of rotatable bonds is 3. The molecule has 5 nitrogen and oxygen atoms in total. The Bertz CT molecular complexity index is 1090. The highest BCUT2D eigenvalue weighted by Crippen LogP contribution is 2.50. The maximum absolute atomic E-state index is 6.55. The fourth-order valence-corrected chi connectivity index (χ4v) is 4.47. The maximum Gasteiger partial charge on any atom is 0.221 e. The maximum atomic E-state index is 6.55. The summed E-state index contributed by atoms with van der Waals surface area (Å²) in [7, 11) is 1.68. The van der Waals surface area contributed by atoms with Crippen LogP contribution in [-0.4, -0.2) is 22.8 Å². The van der Waals surface area contributed by atoms with Gasteiger partial charge in [0.2, 0.25) is 5.72 Å². The molecule has 0 spiro atoms. The smallest absolute Gasteiger partial charge is 0.221 e. The van der Waals surface area contributed by atoms with E-state index in [0.29, 0.717) is 0 Å². The van der Waals surface area contributed by atoms with E-state index >= 15 is 0 Å². The molecule has 2 aromatic carbocycles. The lowest BCUT2D eigenvalue weighted by molar-refractivity contribution is -0.112. The number of hydrogen-bond donors (Lipinski definition) is 0. The van der Waals surface area contributed by atoms with Gasteiger partial charge in [-0.2, -0.15) is 5.10 Å². The highest BCUT2D eigenvalue weighted by molar-refractivity contribution is 9.10. The fraction of sp³-hybridized carbons (Fsp3) is 0.217. The number of pyridine rings is 1. The van der Waals surface area contributed by atoms with Gasteiger partial charge in [-0.05, 0) is 60.2 Å². The van der Waals surface area contributed by atoms with Crippen LogP contribution in [0.4, 0.5) is 0 Å². The number of fused-ring (bicyclic) bond motifs is 3. The third kappa shape index (κ3) is 2.99. The molecule has 0 aliphatic carbocycles. The Hall–Kier alpha value is -2.86. The van der Waals surface area contributed by atoms with Gasteiger partial charge in [0.1, 0.15) is 11.5 Å². The number of halogens is 1. The van der Waals surface area contributed by atoms with Gasteiger partial charge < -0.3 is 9.47 Å².